The second-order valence-corrected chi connectivity index (χ2v) is 17.0. The van der Waals surface area contributed by atoms with Gasteiger partial charge < -0.3 is 31.1 Å². The van der Waals surface area contributed by atoms with Crippen LogP contribution in [-0.4, -0.2) is 109 Å². The van der Waals surface area contributed by atoms with Crippen LogP contribution in [0.1, 0.15) is 65.7 Å². The number of Topliss-reactive ketones (excluding diaryl/α,β-unsaturated/α-hetero) is 1. The van der Waals surface area contributed by atoms with Gasteiger partial charge in [0.25, 0.3) is 5.91 Å². The Labute approximate surface area is 283 Å². The smallest absolute Gasteiger partial charge is 0.315 e. The normalized spacial score (nSPS) is 23.8. The molecule has 5 atom stereocenters. The van der Waals surface area contributed by atoms with Gasteiger partial charge >= 0.3 is 6.03 Å². The molecule has 2 aliphatic heterocycles. The summed E-state index contributed by atoms with van der Waals surface area (Å²) in [6, 6.07) is 3.82. The molecule has 1 aromatic carbocycles. The number of terminal acetylenes is 1. The number of hydrogen-bond donors (Lipinski definition) is 4. The number of sulfone groups is 1. The molecular formula is C34H49N6O7S+. The molecule has 48 heavy (non-hydrogen) atoms. The predicted octanol–water partition coefficient (Wildman–Crippen LogP) is 0.868. The summed E-state index contributed by atoms with van der Waals surface area (Å²) in [4.78, 5) is 67.7. The largest absolute Gasteiger partial charge is 0.363 e. The van der Waals surface area contributed by atoms with E-state index in [-0.39, 0.29) is 42.1 Å². The molecule has 0 radical (unpaired) electrons. The minimum Gasteiger partial charge on any atom is -0.363 e. The van der Waals surface area contributed by atoms with Crippen LogP contribution in [0.2, 0.25) is 0 Å². The van der Waals surface area contributed by atoms with Crippen molar-refractivity contribution in [1.82, 2.24) is 20.9 Å². The van der Waals surface area contributed by atoms with Gasteiger partial charge in [-0.05, 0) is 36.8 Å². The van der Waals surface area contributed by atoms with Crippen molar-refractivity contribution >= 4 is 39.4 Å². The Kier molecular flexibility index (Phi) is 10.7. The van der Waals surface area contributed by atoms with Gasteiger partial charge in [-0.2, -0.15) is 0 Å². The lowest BCUT2D eigenvalue weighted by Gasteiger charge is -2.40. The van der Waals surface area contributed by atoms with Gasteiger partial charge in [0.15, 0.2) is 28.0 Å². The molecule has 5 unspecified atom stereocenters. The molecule has 0 bridgehead atoms. The van der Waals surface area contributed by atoms with Crippen LogP contribution in [0.5, 0.6) is 0 Å². The third-order valence-corrected chi connectivity index (χ3v) is 12.0. The first-order valence-electron chi connectivity index (χ1n) is 16.4. The van der Waals surface area contributed by atoms with E-state index in [0.29, 0.717) is 17.3 Å². The molecule has 4 rings (SSSR count). The topological polar surface area (TPSA) is 185 Å². The molecule has 3 fully saturated rings. The second kappa shape index (κ2) is 13.9. The number of fused-ring (bicyclic) bond motifs is 1. The number of benzene rings is 1. The predicted molar refractivity (Wildman–Crippen MR) is 179 cm³/mol. The van der Waals surface area contributed by atoms with E-state index in [9.17, 15) is 32.4 Å². The van der Waals surface area contributed by atoms with Crippen molar-refractivity contribution in [3.63, 3.8) is 0 Å². The molecule has 3 aliphatic rings. The molecular weight excluding hydrogens is 636 g/mol. The highest BCUT2D eigenvalue weighted by atomic mass is 32.2. The van der Waals surface area contributed by atoms with Crippen molar-refractivity contribution in [3.8, 4) is 12.3 Å². The summed E-state index contributed by atoms with van der Waals surface area (Å²) in [6.45, 7) is 5.61. The van der Waals surface area contributed by atoms with Gasteiger partial charge in [0, 0.05) is 6.42 Å². The molecule has 0 aromatic heterocycles. The number of likely N-dealkylation sites (tertiary alicyclic amines) is 1. The number of hydrogen-bond acceptors (Lipinski definition) is 7. The maximum atomic E-state index is 14.3. The molecule has 1 saturated carbocycles. The molecule has 1 aliphatic carbocycles. The number of carbonyl (C=O) groups excluding carboxylic acids is 5. The van der Waals surface area contributed by atoms with Crippen molar-refractivity contribution in [2.24, 2.45) is 11.1 Å². The number of piperazine rings is 1. The molecule has 2 saturated heterocycles. The van der Waals surface area contributed by atoms with Crippen molar-refractivity contribution in [3.05, 3.63) is 30.3 Å². The quantitative estimate of drug-likeness (QED) is 0.109. The van der Waals surface area contributed by atoms with Gasteiger partial charge in [0.05, 0.1) is 42.9 Å². The van der Waals surface area contributed by atoms with Crippen molar-refractivity contribution in [2.75, 3.05) is 26.4 Å². The van der Waals surface area contributed by atoms with Gasteiger partial charge in [-0.15, -0.1) is 12.3 Å². The van der Waals surface area contributed by atoms with E-state index in [1.54, 1.807) is 39.0 Å². The van der Waals surface area contributed by atoms with E-state index < -0.39 is 68.5 Å². The molecule has 262 valence electrons. The van der Waals surface area contributed by atoms with Gasteiger partial charge in [-0.1, -0.05) is 58.2 Å². The number of nitrogens with one attached hydrogen (secondary N) is 3. The number of urea groups is 1. The fraction of sp³-hybridized carbons (Fsp3) is 0.618. The van der Waals surface area contributed by atoms with Crippen molar-refractivity contribution < 1.29 is 36.9 Å². The molecule has 14 heteroatoms. The lowest BCUT2D eigenvalue weighted by atomic mass is 9.83. The number of likely N-dealkylation sites (N-methyl/N-ethyl adjacent to an activating group) is 1. The number of nitrogens with zero attached hydrogens (tertiary/aromatic N) is 2. The van der Waals surface area contributed by atoms with Crippen LogP contribution in [0.3, 0.4) is 0 Å². The molecule has 1 aromatic rings. The Balaban J connectivity index is 1.56. The molecule has 5 N–H and O–H groups in total. The number of amides is 5. The van der Waals surface area contributed by atoms with Crippen LogP contribution < -0.4 is 21.7 Å². The lowest BCUT2D eigenvalue weighted by Crippen LogP contribution is -2.64. The first kappa shape index (κ1) is 36.9. The Hall–Kier alpha value is -3.96. The third kappa shape index (κ3) is 7.84. The standard InChI is InChI=1S/C34H48N6O7S/c1-7-8-17-23(27(41)29(35)42)36-30(43)25-26-24(40(26,5)6)20-39(25)31(44)28(33(2,3)4)37-32(45)38-34(18-13-10-14-19-34)21-48(46,47)22-15-11-9-12-16-22/h1,9,11-12,15-16,23-26,28H,8,10,13-14,17-21H2,2-6H3,(H4-,35,36,37,38,42,43,45)/p+1. The zero-order valence-corrected chi connectivity index (χ0v) is 29.3. The Bertz CT molecular complexity index is 1570. The van der Waals surface area contributed by atoms with Gasteiger partial charge in [0.1, 0.15) is 6.04 Å². The molecule has 0 spiro atoms. The second-order valence-electron chi connectivity index (χ2n) is 15.0. The van der Waals surface area contributed by atoms with Crippen LogP contribution >= 0.6 is 0 Å². The number of quaternary nitrogens is 1. The summed E-state index contributed by atoms with van der Waals surface area (Å²) >= 11 is 0. The van der Waals surface area contributed by atoms with E-state index in [4.69, 9.17) is 12.2 Å². The summed E-state index contributed by atoms with van der Waals surface area (Å²) in [5.41, 5.74) is 3.40. The van der Waals surface area contributed by atoms with Crippen LogP contribution in [0, 0.1) is 17.8 Å². The minimum atomic E-state index is -3.73. The summed E-state index contributed by atoms with van der Waals surface area (Å²) < 4.78 is 27.3. The first-order valence-corrected chi connectivity index (χ1v) is 18.1. The van der Waals surface area contributed by atoms with E-state index in [2.05, 4.69) is 21.9 Å². The number of primary amides is 1. The summed E-state index contributed by atoms with van der Waals surface area (Å²) in [6.07, 6.45) is 8.82. The highest BCUT2D eigenvalue weighted by Crippen LogP contribution is 2.46. The Morgan fingerprint density at radius 2 is 1.69 bits per heavy atom. The SMILES string of the molecule is C#CCCC(NC(=O)C1C2C(CN1C(=O)C(NC(=O)NC1(CS(=O)(=O)c3ccccc3)CCCCC1)C(C)(C)C)[N+]2(C)C)C(=O)C(N)=O. The van der Waals surface area contributed by atoms with E-state index in [1.165, 1.54) is 17.0 Å². The minimum absolute atomic E-state index is 0.00507. The average molecular weight is 686 g/mol. The maximum Gasteiger partial charge on any atom is 0.315 e. The molecule has 13 nitrogen and oxygen atoms in total. The van der Waals surface area contributed by atoms with Crippen LogP contribution in [0.4, 0.5) is 4.79 Å². The Morgan fingerprint density at radius 1 is 1.06 bits per heavy atom. The molecule has 5 amide bonds. The van der Waals surface area contributed by atoms with Crippen LogP contribution in [0.25, 0.3) is 0 Å². The highest BCUT2D eigenvalue weighted by molar-refractivity contribution is 7.91. The van der Waals surface area contributed by atoms with Gasteiger partial charge in [-0.25, -0.2) is 13.2 Å². The van der Waals surface area contributed by atoms with E-state index in [0.717, 1.165) is 19.3 Å². The molecule has 2 heterocycles. The maximum absolute atomic E-state index is 14.3. The van der Waals surface area contributed by atoms with E-state index >= 15 is 0 Å². The monoisotopic (exact) mass is 685 g/mol. The van der Waals surface area contributed by atoms with Gasteiger partial charge in [-0.3, -0.25) is 19.2 Å². The zero-order valence-electron chi connectivity index (χ0n) is 28.5. The number of nitrogens with two attached hydrogens (primary N) is 1. The zero-order chi connectivity index (χ0) is 35.7. The van der Waals surface area contributed by atoms with Crippen LogP contribution in [0.15, 0.2) is 35.2 Å². The van der Waals surface area contributed by atoms with Crippen molar-refractivity contribution in [1.29, 1.82) is 0 Å². The first-order chi connectivity index (χ1) is 22.3. The fourth-order valence-electron chi connectivity index (χ4n) is 7.36. The van der Waals surface area contributed by atoms with Crippen molar-refractivity contribution in [2.45, 2.75) is 106 Å². The summed E-state index contributed by atoms with van der Waals surface area (Å²) in [7, 11) is 0.158. The number of rotatable bonds is 12. The summed E-state index contributed by atoms with van der Waals surface area (Å²) in [5, 5.41) is 8.41. The average Bonchev–Trinajstić information content (AvgIpc) is 3.32. The Morgan fingerprint density at radius 3 is 2.25 bits per heavy atom. The summed E-state index contributed by atoms with van der Waals surface area (Å²) in [5.74, 6) is -1.16. The van der Waals surface area contributed by atoms with Gasteiger partial charge in [0.2, 0.25) is 17.6 Å². The lowest BCUT2D eigenvalue weighted by molar-refractivity contribution is -0.788. The highest BCUT2D eigenvalue weighted by Gasteiger charge is 2.73. The van der Waals surface area contributed by atoms with E-state index in [1.807, 2.05) is 14.1 Å². The third-order valence-electron chi connectivity index (χ3n) is 10.1. The van der Waals surface area contributed by atoms with Crippen LogP contribution in [-0.2, 0) is 29.0 Å². The fourth-order valence-corrected chi connectivity index (χ4v) is 9.19. The number of carbonyl (C=O) groups is 5. The number of ketones is 1.